The molecule has 0 unspecified atom stereocenters. The first-order valence-corrected chi connectivity index (χ1v) is 6.69. The lowest BCUT2D eigenvalue weighted by molar-refractivity contribution is -0.0336. The Morgan fingerprint density at radius 1 is 1.50 bits per heavy atom. The van der Waals surface area contributed by atoms with E-state index in [1.807, 2.05) is 38.8 Å². The highest BCUT2D eigenvalue weighted by atomic mass is 32.1. The van der Waals surface area contributed by atoms with Crippen molar-refractivity contribution >= 4 is 16.5 Å². The molecule has 0 saturated carbocycles. The van der Waals surface area contributed by atoms with Crippen molar-refractivity contribution in [3.05, 3.63) is 16.8 Å². The van der Waals surface area contributed by atoms with Crippen LogP contribution in [-0.2, 0) is 24.0 Å². The van der Waals surface area contributed by atoms with Gasteiger partial charge in [-0.3, -0.25) is 4.68 Å². The molecule has 2 aromatic rings. The number of nitrogens with one attached hydrogen (secondary N) is 1. The van der Waals surface area contributed by atoms with Crippen LogP contribution in [0.1, 0.15) is 24.4 Å². The van der Waals surface area contributed by atoms with Crippen LogP contribution in [0.25, 0.3) is 11.3 Å². The maximum Gasteiger partial charge on any atom is 0.183 e. The normalized spacial score (nSPS) is 16.9. The molecule has 0 amide bonds. The van der Waals surface area contributed by atoms with Gasteiger partial charge in [0, 0.05) is 25.9 Å². The summed E-state index contributed by atoms with van der Waals surface area (Å²) >= 11 is 1.64. The van der Waals surface area contributed by atoms with Gasteiger partial charge in [-0.2, -0.15) is 5.10 Å². The van der Waals surface area contributed by atoms with Gasteiger partial charge in [0.1, 0.15) is 11.3 Å². The molecule has 1 N–H and O–H groups in total. The quantitative estimate of drug-likeness (QED) is 0.859. The molecular formula is C12H16N4OS. The van der Waals surface area contributed by atoms with Crippen molar-refractivity contribution in [1.29, 1.82) is 0 Å². The topological polar surface area (TPSA) is 52.0 Å². The first kappa shape index (κ1) is 11.7. The summed E-state index contributed by atoms with van der Waals surface area (Å²) in [5.41, 5.74) is 2.65. The Labute approximate surface area is 110 Å². The summed E-state index contributed by atoms with van der Waals surface area (Å²) in [5.74, 6) is 0. The van der Waals surface area contributed by atoms with E-state index in [4.69, 9.17) is 4.74 Å². The van der Waals surface area contributed by atoms with E-state index in [1.54, 1.807) is 11.3 Å². The Hall–Kier alpha value is -1.40. The molecule has 0 saturated heterocycles. The van der Waals surface area contributed by atoms with Crippen molar-refractivity contribution in [1.82, 2.24) is 14.8 Å². The molecule has 5 nitrogen and oxygen atoms in total. The number of rotatable bonds is 1. The summed E-state index contributed by atoms with van der Waals surface area (Å²) in [5, 5.41) is 8.54. The van der Waals surface area contributed by atoms with E-state index in [1.165, 1.54) is 0 Å². The van der Waals surface area contributed by atoms with Gasteiger partial charge in [-0.15, -0.1) is 0 Å². The maximum absolute atomic E-state index is 5.98. The molecule has 1 aliphatic heterocycles. The van der Waals surface area contributed by atoms with Gasteiger partial charge in [0.15, 0.2) is 5.13 Å². The molecule has 3 heterocycles. The number of thiazole rings is 1. The van der Waals surface area contributed by atoms with Crippen LogP contribution in [0.4, 0.5) is 5.13 Å². The number of ether oxygens (including phenoxy) is 1. The fraction of sp³-hybridized carbons (Fsp3) is 0.500. The third-order valence-electron chi connectivity index (χ3n) is 3.13. The van der Waals surface area contributed by atoms with E-state index in [9.17, 15) is 0 Å². The van der Waals surface area contributed by atoms with Crippen molar-refractivity contribution < 1.29 is 4.74 Å². The van der Waals surface area contributed by atoms with Gasteiger partial charge in [0.05, 0.1) is 17.2 Å². The molecule has 0 aromatic carbocycles. The molecule has 0 radical (unpaired) electrons. The van der Waals surface area contributed by atoms with Crippen molar-refractivity contribution in [3.8, 4) is 11.3 Å². The molecule has 2 aromatic heterocycles. The van der Waals surface area contributed by atoms with Crippen LogP contribution < -0.4 is 5.32 Å². The van der Waals surface area contributed by atoms with E-state index >= 15 is 0 Å². The molecule has 96 valence electrons. The van der Waals surface area contributed by atoms with Gasteiger partial charge >= 0.3 is 0 Å². The summed E-state index contributed by atoms with van der Waals surface area (Å²) in [7, 11) is 3.81. The number of fused-ring (bicyclic) bond motifs is 3. The Morgan fingerprint density at radius 2 is 2.28 bits per heavy atom. The summed E-state index contributed by atoms with van der Waals surface area (Å²) in [6.07, 6.45) is 2.02. The molecular weight excluding hydrogens is 248 g/mol. The van der Waals surface area contributed by atoms with E-state index in [2.05, 4.69) is 15.4 Å². The number of aromatic nitrogens is 3. The van der Waals surface area contributed by atoms with Crippen LogP contribution in [0.5, 0.6) is 0 Å². The predicted molar refractivity (Wildman–Crippen MR) is 71.7 cm³/mol. The average Bonchev–Trinajstić information content (AvgIpc) is 2.87. The average molecular weight is 264 g/mol. The van der Waals surface area contributed by atoms with Crippen LogP contribution >= 0.6 is 11.3 Å². The minimum Gasteiger partial charge on any atom is -0.365 e. The van der Waals surface area contributed by atoms with Crippen molar-refractivity contribution in [2.75, 3.05) is 12.4 Å². The van der Waals surface area contributed by atoms with E-state index in [-0.39, 0.29) is 5.60 Å². The number of nitrogens with zero attached hydrogens (tertiary/aromatic N) is 3. The fourth-order valence-electron chi connectivity index (χ4n) is 2.19. The second kappa shape index (κ2) is 3.80. The lowest BCUT2D eigenvalue weighted by Gasteiger charge is -2.21. The van der Waals surface area contributed by atoms with Gasteiger partial charge in [-0.1, -0.05) is 11.3 Å². The third-order valence-corrected chi connectivity index (χ3v) is 4.18. The number of hydrogen-bond acceptors (Lipinski definition) is 5. The summed E-state index contributed by atoms with van der Waals surface area (Å²) < 4.78 is 7.80. The van der Waals surface area contributed by atoms with Crippen LogP contribution in [0, 0.1) is 0 Å². The second-order valence-corrected chi connectivity index (χ2v) is 5.99. The smallest absolute Gasteiger partial charge is 0.183 e. The highest BCUT2D eigenvalue weighted by Crippen LogP contribution is 2.41. The standard InChI is InChI=1S/C12H16N4OS/c1-12(2)10-7(5-16(4)15-10)9-8(6-17-12)18-11(13-3)14-9/h5H,6H2,1-4H3,(H,13,14). The Morgan fingerprint density at radius 3 is 3.00 bits per heavy atom. The highest BCUT2D eigenvalue weighted by Gasteiger charge is 2.34. The monoisotopic (exact) mass is 264 g/mol. The Balaban J connectivity index is 2.24. The molecule has 3 rings (SSSR count). The zero-order valence-electron chi connectivity index (χ0n) is 10.9. The van der Waals surface area contributed by atoms with Gasteiger partial charge in [0.25, 0.3) is 0 Å². The van der Waals surface area contributed by atoms with Crippen LogP contribution in [0.3, 0.4) is 0 Å². The van der Waals surface area contributed by atoms with Crippen LogP contribution in [0.2, 0.25) is 0 Å². The SMILES string of the molecule is CNc1nc2c(s1)COC(C)(C)c1nn(C)cc1-2. The third kappa shape index (κ3) is 1.64. The minimum atomic E-state index is -0.378. The second-order valence-electron chi connectivity index (χ2n) is 4.90. The predicted octanol–water partition coefficient (Wildman–Crippen LogP) is 2.35. The molecule has 0 atom stereocenters. The minimum absolute atomic E-state index is 0.378. The van der Waals surface area contributed by atoms with E-state index < -0.39 is 0 Å². The van der Waals surface area contributed by atoms with Crippen molar-refractivity contribution in [3.63, 3.8) is 0 Å². The van der Waals surface area contributed by atoms with Gasteiger partial charge < -0.3 is 10.1 Å². The lowest BCUT2D eigenvalue weighted by Crippen LogP contribution is -2.21. The first-order valence-electron chi connectivity index (χ1n) is 5.87. The molecule has 0 bridgehead atoms. The Kier molecular flexibility index (Phi) is 2.46. The maximum atomic E-state index is 5.98. The summed E-state index contributed by atoms with van der Waals surface area (Å²) in [6.45, 7) is 4.68. The molecule has 1 aliphatic rings. The summed E-state index contributed by atoms with van der Waals surface area (Å²) in [6, 6.07) is 0. The number of aryl methyl sites for hydroxylation is 1. The van der Waals surface area contributed by atoms with Gasteiger partial charge in [-0.05, 0) is 13.8 Å². The van der Waals surface area contributed by atoms with Crippen LogP contribution in [0.15, 0.2) is 6.20 Å². The lowest BCUT2D eigenvalue weighted by atomic mass is 10.0. The highest BCUT2D eigenvalue weighted by molar-refractivity contribution is 7.16. The van der Waals surface area contributed by atoms with E-state index in [0.717, 1.165) is 27.0 Å². The molecule has 0 spiro atoms. The summed E-state index contributed by atoms with van der Waals surface area (Å²) in [4.78, 5) is 5.78. The molecule has 0 fully saturated rings. The first-order chi connectivity index (χ1) is 8.51. The van der Waals surface area contributed by atoms with Gasteiger partial charge in [0.2, 0.25) is 0 Å². The van der Waals surface area contributed by atoms with Crippen molar-refractivity contribution in [2.45, 2.75) is 26.1 Å². The fourth-order valence-corrected chi connectivity index (χ4v) is 3.03. The van der Waals surface area contributed by atoms with Crippen LogP contribution in [-0.4, -0.2) is 21.8 Å². The zero-order valence-corrected chi connectivity index (χ0v) is 11.8. The largest absolute Gasteiger partial charge is 0.365 e. The van der Waals surface area contributed by atoms with Crippen molar-refractivity contribution in [2.24, 2.45) is 7.05 Å². The molecule has 6 heteroatoms. The Bertz CT molecular complexity index is 599. The number of hydrogen-bond donors (Lipinski definition) is 1. The van der Waals surface area contributed by atoms with Gasteiger partial charge in [-0.25, -0.2) is 4.98 Å². The zero-order chi connectivity index (χ0) is 12.9. The molecule has 18 heavy (non-hydrogen) atoms. The number of anilines is 1. The molecule has 0 aliphatic carbocycles. The van der Waals surface area contributed by atoms with E-state index in [0.29, 0.717) is 6.61 Å².